The van der Waals surface area contributed by atoms with Crippen LogP contribution >= 0.6 is 0 Å². The highest BCUT2D eigenvalue weighted by Gasteiger charge is 2.22. The topological polar surface area (TPSA) is 70.2 Å². The maximum Gasteiger partial charge on any atom is 0.264 e. The van der Waals surface area contributed by atoms with E-state index >= 15 is 0 Å². The Bertz CT molecular complexity index is 1300. The van der Waals surface area contributed by atoms with Crippen molar-refractivity contribution >= 4 is 27.7 Å². The average Bonchev–Trinajstić information content (AvgIpc) is 2.93. The zero-order chi connectivity index (χ0) is 26.3. The third kappa shape index (κ3) is 6.99. The second-order valence-electron chi connectivity index (χ2n) is 9.06. The van der Waals surface area contributed by atoms with Crippen molar-refractivity contribution in [3.05, 3.63) is 96.1 Å². The Labute approximate surface area is 219 Å². The van der Waals surface area contributed by atoms with Gasteiger partial charge in [0.25, 0.3) is 15.9 Å². The standard InChI is InChI=1S/C29H33N3O4S/c1-24-10-16-28(17-11-24)37(34,35)30(2)26-12-14-27(15-13-26)36-23-29(33)32-21-19-31(20-22-32)18-6-9-25-7-4-3-5-8-25/h3-17H,18-23H2,1-2H3/b9-6+. The summed E-state index contributed by atoms with van der Waals surface area (Å²) < 4.78 is 32.7. The van der Waals surface area contributed by atoms with Crippen LogP contribution in [0.5, 0.6) is 5.75 Å². The van der Waals surface area contributed by atoms with Crippen LogP contribution in [-0.2, 0) is 14.8 Å². The van der Waals surface area contributed by atoms with E-state index in [9.17, 15) is 13.2 Å². The van der Waals surface area contributed by atoms with Crippen LogP contribution in [0.1, 0.15) is 11.1 Å². The lowest BCUT2D eigenvalue weighted by Crippen LogP contribution is -2.49. The maximum atomic E-state index is 12.9. The van der Waals surface area contributed by atoms with Gasteiger partial charge in [0.2, 0.25) is 0 Å². The molecule has 1 heterocycles. The Morgan fingerprint density at radius 1 is 0.919 bits per heavy atom. The summed E-state index contributed by atoms with van der Waals surface area (Å²) in [6, 6.07) is 23.7. The molecule has 1 aliphatic rings. The van der Waals surface area contributed by atoms with Crippen molar-refractivity contribution in [3.63, 3.8) is 0 Å². The first-order valence-electron chi connectivity index (χ1n) is 12.3. The number of aryl methyl sites for hydroxylation is 1. The molecular formula is C29H33N3O4S. The number of anilines is 1. The molecule has 3 aromatic rings. The monoisotopic (exact) mass is 519 g/mol. The van der Waals surface area contributed by atoms with Crippen molar-refractivity contribution in [2.75, 3.05) is 50.7 Å². The van der Waals surface area contributed by atoms with Crippen LogP contribution in [0.25, 0.3) is 6.08 Å². The van der Waals surface area contributed by atoms with E-state index in [2.05, 4.69) is 29.2 Å². The summed E-state index contributed by atoms with van der Waals surface area (Å²) in [6.45, 7) is 5.70. The molecule has 0 N–H and O–H groups in total. The molecule has 0 aromatic heterocycles. The fourth-order valence-electron chi connectivity index (χ4n) is 4.08. The van der Waals surface area contributed by atoms with E-state index in [4.69, 9.17) is 4.74 Å². The summed E-state index contributed by atoms with van der Waals surface area (Å²) in [5, 5.41) is 0. The minimum absolute atomic E-state index is 0.0508. The molecule has 194 valence electrons. The lowest BCUT2D eigenvalue weighted by Gasteiger charge is -2.34. The first-order valence-corrected chi connectivity index (χ1v) is 13.8. The third-order valence-corrected chi connectivity index (χ3v) is 8.24. The number of piperazine rings is 1. The van der Waals surface area contributed by atoms with Crippen LogP contribution in [0.2, 0.25) is 0 Å². The molecule has 8 heteroatoms. The van der Waals surface area contributed by atoms with Gasteiger partial charge in [0.05, 0.1) is 10.6 Å². The van der Waals surface area contributed by atoms with Crippen LogP contribution in [-0.4, -0.2) is 70.5 Å². The third-order valence-electron chi connectivity index (χ3n) is 6.44. The maximum absolute atomic E-state index is 12.9. The van der Waals surface area contributed by atoms with E-state index in [0.29, 0.717) is 24.5 Å². The van der Waals surface area contributed by atoms with Crippen molar-refractivity contribution in [2.45, 2.75) is 11.8 Å². The Morgan fingerprint density at radius 3 is 2.22 bits per heavy atom. The first-order chi connectivity index (χ1) is 17.8. The lowest BCUT2D eigenvalue weighted by molar-refractivity contribution is -0.135. The number of ether oxygens (including phenoxy) is 1. The number of hydrogen-bond acceptors (Lipinski definition) is 5. The molecule has 0 saturated carbocycles. The molecule has 3 aromatic carbocycles. The van der Waals surface area contributed by atoms with Crippen LogP contribution < -0.4 is 9.04 Å². The minimum atomic E-state index is -3.66. The molecular weight excluding hydrogens is 486 g/mol. The molecule has 37 heavy (non-hydrogen) atoms. The van der Waals surface area contributed by atoms with E-state index in [1.54, 1.807) is 48.5 Å². The summed E-state index contributed by atoms with van der Waals surface area (Å²) in [6.07, 6.45) is 4.27. The van der Waals surface area contributed by atoms with E-state index in [-0.39, 0.29) is 17.4 Å². The van der Waals surface area contributed by atoms with Gasteiger partial charge in [0.1, 0.15) is 5.75 Å². The Kier molecular flexibility index (Phi) is 8.63. The minimum Gasteiger partial charge on any atom is -0.484 e. The molecule has 1 saturated heterocycles. The SMILES string of the molecule is Cc1ccc(S(=O)(=O)N(C)c2ccc(OCC(=O)N3CCN(C/C=C/c4ccccc4)CC3)cc2)cc1. The highest BCUT2D eigenvalue weighted by molar-refractivity contribution is 7.92. The van der Waals surface area contributed by atoms with E-state index in [0.717, 1.165) is 25.2 Å². The number of nitrogens with zero attached hydrogens (tertiary/aromatic N) is 3. The van der Waals surface area contributed by atoms with Gasteiger partial charge in [-0.15, -0.1) is 0 Å². The second-order valence-corrected chi connectivity index (χ2v) is 11.0. The van der Waals surface area contributed by atoms with Crippen LogP contribution in [0.15, 0.2) is 89.8 Å². The highest BCUT2D eigenvalue weighted by atomic mass is 32.2. The normalized spacial score (nSPS) is 14.6. The number of sulfonamides is 1. The van der Waals surface area contributed by atoms with E-state index < -0.39 is 10.0 Å². The molecule has 0 radical (unpaired) electrons. The zero-order valence-corrected chi connectivity index (χ0v) is 22.1. The summed E-state index contributed by atoms with van der Waals surface area (Å²) in [7, 11) is -2.14. The largest absolute Gasteiger partial charge is 0.484 e. The summed E-state index contributed by atoms with van der Waals surface area (Å²) in [5.74, 6) is 0.463. The number of amides is 1. The predicted octanol–water partition coefficient (Wildman–Crippen LogP) is 4.06. The summed E-state index contributed by atoms with van der Waals surface area (Å²) >= 11 is 0. The van der Waals surface area contributed by atoms with Crippen LogP contribution in [0.4, 0.5) is 5.69 Å². The summed E-state index contributed by atoms with van der Waals surface area (Å²) in [5.41, 5.74) is 2.69. The van der Waals surface area contributed by atoms with Crippen molar-refractivity contribution in [3.8, 4) is 5.75 Å². The molecule has 4 rings (SSSR count). The van der Waals surface area contributed by atoms with E-state index in [1.165, 1.54) is 16.9 Å². The molecule has 0 unspecified atom stereocenters. The zero-order valence-electron chi connectivity index (χ0n) is 21.3. The van der Waals surface area contributed by atoms with Gasteiger partial charge in [-0.2, -0.15) is 0 Å². The first kappa shape index (κ1) is 26.4. The molecule has 0 spiro atoms. The van der Waals surface area contributed by atoms with Gasteiger partial charge in [-0.3, -0.25) is 14.0 Å². The number of rotatable bonds is 9. The van der Waals surface area contributed by atoms with Gasteiger partial charge in [-0.1, -0.05) is 60.2 Å². The fraction of sp³-hybridized carbons (Fsp3) is 0.276. The smallest absolute Gasteiger partial charge is 0.264 e. The molecule has 0 atom stereocenters. The highest BCUT2D eigenvalue weighted by Crippen LogP contribution is 2.24. The molecule has 0 bridgehead atoms. The van der Waals surface area contributed by atoms with Crippen LogP contribution in [0.3, 0.4) is 0 Å². The molecule has 7 nitrogen and oxygen atoms in total. The molecule has 1 fully saturated rings. The quantitative estimate of drug-likeness (QED) is 0.427. The lowest BCUT2D eigenvalue weighted by atomic mass is 10.2. The van der Waals surface area contributed by atoms with Gasteiger partial charge >= 0.3 is 0 Å². The second kappa shape index (κ2) is 12.1. The molecule has 1 amide bonds. The number of benzene rings is 3. The van der Waals surface area contributed by atoms with Gasteiger partial charge in [-0.05, 0) is 48.9 Å². The average molecular weight is 520 g/mol. The number of hydrogen-bond donors (Lipinski definition) is 0. The van der Waals surface area contributed by atoms with Crippen LogP contribution in [0, 0.1) is 6.92 Å². The summed E-state index contributed by atoms with van der Waals surface area (Å²) in [4.78, 5) is 17.0. The number of carbonyl (C=O) groups excluding carboxylic acids is 1. The van der Waals surface area contributed by atoms with E-state index in [1.807, 2.05) is 30.0 Å². The molecule has 0 aliphatic carbocycles. The Morgan fingerprint density at radius 2 is 1.57 bits per heavy atom. The molecule has 1 aliphatic heterocycles. The fourth-order valence-corrected chi connectivity index (χ4v) is 5.27. The van der Waals surface area contributed by atoms with Gasteiger partial charge in [0.15, 0.2) is 6.61 Å². The van der Waals surface area contributed by atoms with Crippen molar-refractivity contribution < 1.29 is 17.9 Å². The van der Waals surface area contributed by atoms with Crippen molar-refractivity contribution in [2.24, 2.45) is 0 Å². The predicted molar refractivity (Wildman–Crippen MR) is 147 cm³/mol. The Balaban J connectivity index is 1.23. The van der Waals surface area contributed by atoms with Crippen molar-refractivity contribution in [1.82, 2.24) is 9.80 Å². The van der Waals surface area contributed by atoms with Crippen molar-refractivity contribution in [1.29, 1.82) is 0 Å². The van der Waals surface area contributed by atoms with Gasteiger partial charge in [0, 0.05) is 39.8 Å². The Hall–Kier alpha value is -3.62. The van der Waals surface area contributed by atoms with Gasteiger partial charge in [-0.25, -0.2) is 8.42 Å². The van der Waals surface area contributed by atoms with Gasteiger partial charge < -0.3 is 9.64 Å². The number of carbonyl (C=O) groups is 1.